The molecule has 0 radical (unpaired) electrons. The van der Waals surface area contributed by atoms with Crippen LogP contribution >= 0.6 is 0 Å². The third kappa shape index (κ3) is 3.00. The third-order valence-corrected chi connectivity index (χ3v) is 5.10. The molecule has 0 saturated carbocycles. The van der Waals surface area contributed by atoms with Crippen molar-refractivity contribution in [1.82, 2.24) is 5.32 Å². The SMILES string of the molecule is CCc1ccccc1-c1cc(N2CCNC2=O)ccc1S(N)(=O)=O. The van der Waals surface area contributed by atoms with Gasteiger partial charge in [-0.25, -0.2) is 18.4 Å². The Hall–Kier alpha value is -2.38. The number of carbonyl (C=O) groups is 1. The normalized spacial score (nSPS) is 14.8. The zero-order valence-electron chi connectivity index (χ0n) is 13.3. The van der Waals surface area contributed by atoms with Crippen molar-refractivity contribution in [2.45, 2.75) is 18.2 Å². The van der Waals surface area contributed by atoms with Crippen LogP contribution in [0.1, 0.15) is 12.5 Å². The molecule has 7 heteroatoms. The van der Waals surface area contributed by atoms with E-state index in [4.69, 9.17) is 5.14 Å². The standard InChI is InChI=1S/C17H19N3O3S/c1-2-12-5-3-4-6-14(12)15-11-13(20-10-9-19-17(20)21)7-8-16(15)24(18,22)23/h3-8,11H,2,9-10H2,1H3,(H,19,21)(H2,18,22,23). The molecule has 0 bridgehead atoms. The summed E-state index contributed by atoms with van der Waals surface area (Å²) < 4.78 is 24.0. The molecule has 3 rings (SSSR count). The lowest BCUT2D eigenvalue weighted by Gasteiger charge is -2.18. The Balaban J connectivity index is 2.22. The largest absolute Gasteiger partial charge is 0.336 e. The van der Waals surface area contributed by atoms with E-state index in [0.29, 0.717) is 24.3 Å². The summed E-state index contributed by atoms with van der Waals surface area (Å²) in [6, 6.07) is 12.2. The first kappa shape index (κ1) is 16.5. The van der Waals surface area contributed by atoms with Crippen molar-refractivity contribution >= 4 is 21.7 Å². The molecule has 2 aromatic carbocycles. The molecule has 0 unspecified atom stereocenters. The molecule has 1 aliphatic rings. The highest BCUT2D eigenvalue weighted by atomic mass is 32.2. The van der Waals surface area contributed by atoms with Crippen molar-refractivity contribution in [2.24, 2.45) is 5.14 Å². The number of hydrogen-bond donors (Lipinski definition) is 2. The minimum Gasteiger partial charge on any atom is -0.336 e. The molecule has 24 heavy (non-hydrogen) atoms. The van der Waals surface area contributed by atoms with Gasteiger partial charge in [0.1, 0.15) is 0 Å². The maximum atomic E-state index is 12.0. The summed E-state index contributed by atoms with van der Waals surface area (Å²) in [6.45, 7) is 3.12. The van der Waals surface area contributed by atoms with Crippen LogP contribution in [-0.4, -0.2) is 27.5 Å². The molecule has 0 spiro atoms. The second-order valence-electron chi connectivity index (χ2n) is 5.62. The monoisotopic (exact) mass is 345 g/mol. The molecule has 0 aromatic heterocycles. The van der Waals surface area contributed by atoms with Gasteiger partial charge < -0.3 is 5.32 Å². The summed E-state index contributed by atoms with van der Waals surface area (Å²) in [7, 11) is -3.88. The van der Waals surface area contributed by atoms with Gasteiger partial charge in [-0.05, 0) is 35.7 Å². The van der Waals surface area contributed by atoms with Crippen LogP contribution in [0.4, 0.5) is 10.5 Å². The van der Waals surface area contributed by atoms with Crippen molar-refractivity contribution in [1.29, 1.82) is 0 Å². The number of nitrogens with one attached hydrogen (secondary N) is 1. The molecule has 1 aliphatic heterocycles. The molecule has 0 aliphatic carbocycles. The Morgan fingerprint density at radius 2 is 1.92 bits per heavy atom. The van der Waals surface area contributed by atoms with Gasteiger partial charge in [-0.15, -0.1) is 0 Å². The molecule has 1 heterocycles. The van der Waals surface area contributed by atoms with E-state index in [1.54, 1.807) is 17.0 Å². The van der Waals surface area contributed by atoms with Crippen LogP contribution in [0.2, 0.25) is 0 Å². The van der Waals surface area contributed by atoms with Crippen molar-refractivity contribution in [3.8, 4) is 11.1 Å². The lowest BCUT2D eigenvalue weighted by Crippen LogP contribution is -2.27. The van der Waals surface area contributed by atoms with E-state index >= 15 is 0 Å². The van der Waals surface area contributed by atoms with Crippen LogP contribution in [0.5, 0.6) is 0 Å². The Kier molecular flexibility index (Phi) is 4.29. The van der Waals surface area contributed by atoms with Crippen LogP contribution in [-0.2, 0) is 16.4 Å². The number of sulfonamides is 1. The minimum absolute atomic E-state index is 0.0618. The predicted molar refractivity (Wildman–Crippen MR) is 93.4 cm³/mol. The van der Waals surface area contributed by atoms with Crippen LogP contribution in [0.3, 0.4) is 0 Å². The number of carbonyl (C=O) groups excluding carboxylic acids is 1. The summed E-state index contributed by atoms with van der Waals surface area (Å²) in [4.78, 5) is 13.5. The number of benzene rings is 2. The number of nitrogens with two attached hydrogens (primary N) is 1. The summed E-state index contributed by atoms with van der Waals surface area (Å²) in [5, 5.41) is 8.14. The molecule has 2 aromatic rings. The van der Waals surface area contributed by atoms with Crippen LogP contribution < -0.4 is 15.4 Å². The fourth-order valence-corrected chi connectivity index (χ4v) is 3.69. The van der Waals surface area contributed by atoms with E-state index in [9.17, 15) is 13.2 Å². The molecule has 1 fully saturated rings. The lowest BCUT2D eigenvalue weighted by atomic mass is 9.97. The van der Waals surface area contributed by atoms with Crippen LogP contribution in [0.25, 0.3) is 11.1 Å². The van der Waals surface area contributed by atoms with Gasteiger partial charge in [-0.2, -0.15) is 0 Å². The van der Waals surface area contributed by atoms with Gasteiger partial charge >= 0.3 is 6.03 Å². The number of aryl methyl sites for hydroxylation is 1. The number of nitrogens with zero attached hydrogens (tertiary/aromatic N) is 1. The quantitative estimate of drug-likeness (QED) is 0.889. The predicted octanol–water partition coefficient (Wildman–Crippen LogP) is 2.09. The zero-order chi connectivity index (χ0) is 17.3. The fraction of sp³-hybridized carbons (Fsp3) is 0.235. The van der Waals surface area contributed by atoms with Crippen molar-refractivity contribution in [2.75, 3.05) is 18.0 Å². The average Bonchev–Trinajstić information content (AvgIpc) is 2.99. The van der Waals surface area contributed by atoms with Gasteiger partial charge in [0, 0.05) is 24.3 Å². The molecular formula is C17H19N3O3S. The van der Waals surface area contributed by atoms with E-state index in [-0.39, 0.29) is 10.9 Å². The topological polar surface area (TPSA) is 92.5 Å². The highest BCUT2D eigenvalue weighted by molar-refractivity contribution is 7.89. The van der Waals surface area contributed by atoms with Gasteiger partial charge in [0.05, 0.1) is 4.90 Å². The lowest BCUT2D eigenvalue weighted by molar-refractivity contribution is 0.252. The molecule has 3 N–H and O–H groups in total. The second-order valence-corrected chi connectivity index (χ2v) is 7.15. The first-order valence-corrected chi connectivity index (χ1v) is 9.27. The summed E-state index contributed by atoms with van der Waals surface area (Å²) in [5.74, 6) is 0. The van der Waals surface area contributed by atoms with E-state index in [1.165, 1.54) is 6.07 Å². The Morgan fingerprint density at radius 3 is 2.54 bits per heavy atom. The molecule has 126 valence electrons. The van der Waals surface area contributed by atoms with Crippen molar-refractivity contribution in [3.63, 3.8) is 0 Å². The van der Waals surface area contributed by atoms with Gasteiger partial charge in [-0.3, -0.25) is 4.90 Å². The Bertz CT molecular complexity index is 894. The highest BCUT2D eigenvalue weighted by Crippen LogP contribution is 2.33. The fourth-order valence-electron chi connectivity index (χ4n) is 2.95. The number of primary sulfonamides is 1. The molecule has 2 amide bonds. The molecule has 0 atom stereocenters. The Labute approximate surface area is 141 Å². The Morgan fingerprint density at radius 1 is 1.17 bits per heavy atom. The van der Waals surface area contributed by atoms with E-state index in [0.717, 1.165) is 17.5 Å². The van der Waals surface area contributed by atoms with Gasteiger partial charge in [0.25, 0.3) is 0 Å². The van der Waals surface area contributed by atoms with Gasteiger partial charge in [-0.1, -0.05) is 31.2 Å². The molecular weight excluding hydrogens is 326 g/mol. The van der Waals surface area contributed by atoms with E-state index < -0.39 is 10.0 Å². The maximum absolute atomic E-state index is 12.0. The van der Waals surface area contributed by atoms with Crippen molar-refractivity contribution in [3.05, 3.63) is 48.0 Å². The average molecular weight is 345 g/mol. The molecule has 6 nitrogen and oxygen atoms in total. The number of rotatable bonds is 4. The second kappa shape index (κ2) is 6.26. The summed E-state index contributed by atoms with van der Waals surface area (Å²) in [5.41, 5.74) is 3.00. The minimum atomic E-state index is -3.88. The maximum Gasteiger partial charge on any atom is 0.321 e. The molecule has 1 saturated heterocycles. The number of urea groups is 1. The van der Waals surface area contributed by atoms with Gasteiger partial charge in [0.2, 0.25) is 10.0 Å². The first-order chi connectivity index (χ1) is 11.4. The summed E-state index contributed by atoms with van der Waals surface area (Å²) >= 11 is 0. The number of hydrogen-bond acceptors (Lipinski definition) is 3. The smallest absolute Gasteiger partial charge is 0.321 e. The number of anilines is 1. The zero-order valence-corrected chi connectivity index (χ0v) is 14.1. The first-order valence-electron chi connectivity index (χ1n) is 7.72. The van der Waals surface area contributed by atoms with E-state index in [2.05, 4.69) is 5.32 Å². The third-order valence-electron chi connectivity index (χ3n) is 4.13. The van der Waals surface area contributed by atoms with Crippen molar-refractivity contribution < 1.29 is 13.2 Å². The number of amides is 2. The van der Waals surface area contributed by atoms with Crippen LogP contribution in [0, 0.1) is 0 Å². The summed E-state index contributed by atoms with van der Waals surface area (Å²) in [6.07, 6.45) is 0.759. The van der Waals surface area contributed by atoms with Gasteiger partial charge in [0.15, 0.2) is 0 Å². The highest BCUT2D eigenvalue weighted by Gasteiger charge is 2.24. The van der Waals surface area contributed by atoms with Crippen LogP contribution in [0.15, 0.2) is 47.4 Å². The van der Waals surface area contributed by atoms with E-state index in [1.807, 2.05) is 31.2 Å².